The Morgan fingerprint density at radius 3 is 2.65 bits per heavy atom. The van der Waals surface area contributed by atoms with Crippen molar-refractivity contribution in [1.82, 2.24) is 24.4 Å². The predicted octanol–water partition coefficient (Wildman–Crippen LogP) is 1.15. The van der Waals surface area contributed by atoms with Gasteiger partial charge in [0.15, 0.2) is 5.69 Å². The number of aromatic nitrogens is 5. The van der Waals surface area contributed by atoms with E-state index >= 15 is 0 Å². The molecule has 4 rings (SSSR count). The van der Waals surface area contributed by atoms with Gasteiger partial charge in [-0.1, -0.05) is 0 Å². The Morgan fingerprint density at radius 1 is 1.32 bits per heavy atom. The van der Waals surface area contributed by atoms with Crippen LogP contribution in [0.3, 0.4) is 0 Å². The van der Waals surface area contributed by atoms with E-state index in [1.165, 1.54) is 4.68 Å². The normalized spacial score (nSPS) is 15.9. The maximum atomic E-state index is 12.7. The van der Waals surface area contributed by atoms with Crippen molar-refractivity contribution in [2.24, 2.45) is 12.8 Å². The minimum absolute atomic E-state index is 0.0976. The minimum atomic E-state index is -5.08. The number of halogens is 3. The first-order valence-electron chi connectivity index (χ1n) is 9.90. The van der Waals surface area contributed by atoms with Crippen LogP contribution in [0.15, 0.2) is 24.5 Å². The molecule has 1 saturated heterocycles. The minimum Gasteiger partial charge on any atom is -0.475 e. The number of hydrogen-bond acceptors (Lipinski definition) is 8. The molecule has 4 heterocycles. The zero-order valence-electron chi connectivity index (χ0n) is 17.8. The van der Waals surface area contributed by atoms with Crippen molar-refractivity contribution in [3.05, 3.63) is 35.9 Å². The van der Waals surface area contributed by atoms with Crippen LogP contribution in [0.1, 0.15) is 29.0 Å². The van der Waals surface area contributed by atoms with Crippen LogP contribution in [0, 0.1) is 11.3 Å². The van der Waals surface area contributed by atoms with Crippen LogP contribution in [0.2, 0.25) is 0 Å². The number of amides is 1. The number of nitriles is 1. The van der Waals surface area contributed by atoms with Crippen LogP contribution >= 0.6 is 0 Å². The third kappa shape index (κ3) is 5.59. The number of rotatable bonds is 3. The Hall–Kier alpha value is -4.19. The summed E-state index contributed by atoms with van der Waals surface area (Å²) in [5, 5.41) is 27.5. The van der Waals surface area contributed by atoms with Crippen molar-refractivity contribution in [3.63, 3.8) is 0 Å². The first kappa shape index (κ1) is 24.5. The van der Waals surface area contributed by atoms with Crippen molar-refractivity contribution in [3.8, 4) is 6.07 Å². The van der Waals surface area contributed by atoms with Crippen molar-refractivity contribution < 1.29 is 27.9 Å². The maximum absolute atomic E-state index is 12.7. The first-order valence-corrected chi connectivity index (χ1v) is 9.90. The Kier molecular flexibility index (Phi) is 7.01. The second kappa shape index (κ2) is 9.75. The maximum Gasteiger partial charge on any atom is 0.490 e. The van der Waals surface area contributed by atoms with Gasteiger partial charge < -0.3 is 21.1 Å². The molecule has 0 aliphatic carbocycles. The molecule has 1 atom stereocenters. The summed E-state index contributed by atoms with van der Waals surface area (Å²) < 4.78 is 34.8. The number of aliphatic carboxylic acids is 1. The highest BCUT2D eigenvalue weighted by atomic mass is 19.4. The molecular weight excluding hydrogens is 459 g/mol. The van der Waals surface area contributed by atoms with Gasteiger partial charge in [-0.05, 0) is 25.0 Å². The Balaban J connectivity index is 0.000000406. The summed E-state index contributed by atoms with van der Waals surface area (Å²) in [6, 6.07) is 5.51. The monoisotopic (exact) mass is 479 g/mol. The number of carbonyl (C=O) groups excluding carboxylic acids is 1. The highest BCUT2D eigenvalue weighted by Gasteiger charge is 2.38. The molecule has 4 N–H and O–H groups in total. The number of fused-ring (bicyclic) bond motifs is 1. The molecule has 180 valence electrons. The molecule has 15 heteroatoms. The summed E-state index contributed by atoms with van der Waals surface area (Å²) in [7, 11) is 1.69. The van der Waals surface area contributed by atoms with Gasteiger partial charge in [-0.15, -0.1) is 5.10 Å². The number of hydrogen-bond donors (Lipinski definition) is 3. The van der Waals surface area contributed by atoms with Gasteiger partial charge in [0.1, 0.15) is 11.8 Å². The molecule has 1 fully saturated rings. The molecule has 0 saturated carbocycles. The zero-order valence-corrected chi connectivity index (χ0v) is 17.8. The van der Waals surface area contributed by atoms with Gasteiger partial charge in [0.25, 0.3) is 5.91 Å². The Labute approximate surface area is 190 Å². The van der Waals surface area contributed by atoms with Crippen molar-refractivity contribution in [1.29, 1.82) is 5.26 Å². The van der Waals surface area contributed by atoms with E-state index in [-0.39, 0.29) is 17.6 Å². The van der Waals surface area contributed by atoms with E-state index in [1.54, 1.807) is 36.1 Å². The number of piperidine rings is 1. The Morgan fingerprint density at radius 2 is 2.03 bits per heavy atom. The van der Waals surface area contributed by atoms with E-state index in [0.29, 0.717) is 29.4 Å². The van der Waals surface area contributed by atoms with Gasteiger partial charge in [-0.3, -0.25) is 9.48 Å². The van der Waals surface area contributed by atoms with Crippen molar-refractivity contribution in [2.75, 3.05) is 23.3 Å². The SMILES string of the molecule is Cn1cc(NC(=O)c2ccc3cnc(N4CCC[C@H](N)C4)nn23)c(C#N)n1.O=C(O)C(F)(F)F. The molecule has 0 unspecified atom stereocenters. The number of carboxylic acid groups (broad SMARTS) is 1. The standard InChI is InChI=1S/C17H19N9O.C2HF3O2/c1-24-10-14(13(7-18)22-24)21-16(27)15-5-4-12-8-20-17(23-26(12)15)25-6-2-3-11(19)9-25;3-2(4,5)1(6)7/h4-5,8,10-11H,2-3,6,9,19H2,1H3,(H,21,27);(H,6,7)/t11-;/m0./s1. The van der Waals surface area contributed by atoms with E-state index in [1.807, 2.05) is 11.0 Å². The number of aryl methyl sites for hydroxylation is 1. The van der Waals surface area contributed by atoms with Crippen LogP contribution in [0.5, 0.6) is 0 Å². The van der Waals surface area contributed by atoms with Gasteiger partial charge in [-0.25, -0.2) is 14.3 Å². The topological polar surface area (TPSA) is 167 Å². The Bertz CT molecular complexity index is 1250. The van der Waals surface area contributed by atoms with Crippen LogP contribution < -0.4 is 16.0 Å². The molecular formula is C19H20F3N9O3. The molecule has 34 heavy (non-hydrogen) atoms. The van der Waals surface area contributed by atoms with E-state index < -0.39 is 12.1 Å². The summed E-state index contributed by atoms with van der Waals surface area (Å²) >= 11 is 0. The van der Waals surface area contributed by atoms with Crippen molar-refractivity contribution in [2.45, 2.75) is 25.1 Å². The third-order valence-electron chi connectivity index (χ3n) is 4.79. The number of nitrogens with two attached hydrogens (primary N) is 1. The zero-order chi connectivity index (χ0) is 25.0. The molecule has 0 spiro atoms. The number of nitrogens with zero attached hydrogens (tertiary/aromatic N) is 7. The van der Waals surface area contributed by atoms with Gasteiger partial charge in [0.05, 0.1) is 17.4 Å². The highest BCUT2D eigenvalue weighted by Crippen LogP contribution is 2.18. The number of nitrogens with one attached hydrogen (secondary N) is 1. The van der Waals surface area contributed by atoms with Crippen LogP contribution in [-0.2, 0) is 11.8 Å². The first-order chi connectivity index (χ1) is 16.0. The molecule has 12 nitrogen and oxygen atoms in total. The number of anilines is 2. The van der Waals surface area contributed by atoms with Crippen LogP contribution in [0.25, 0.3) is 5.52 Å². The lowest BCUT2D eigenvalue weighted by molar-refractivity contribution is -0.192. The molecule has 1 aliphatic heterocycles. The fraction of sp³-hybridized carbons (Fsp3) is 0.368. The van der Waals surface area contributed by atoms with Gasteiger partial charge >= 0.3 is 12.1 Å². The number of carboxylic acids is 1. The van der Waals surface area contributed by atoms with Gasteiger partial charge in [0, 0.05) is 32.4 Å². The average molecular weight is 479 g/mol. The molecule has 3 aromatic heterocycles. The number of carbonyl (C=O) groups is 2. The van der Waals surface area contributed by atoms with Crippen molar-refractivity contribution >= 4 is 29.0 Å². The smallest absolute Gasteiger partial charge is 0.475 e. The fourth-order valence-corrected chi connectivity index (χ4v) is 3.25. The molecule has 0 radical (unpaired) electrons. The lowest BCUT2D eigenvalue weighted by atomic mass is 10.1. The molecule has 0 aromatic carbocycles. The molecule has 0 bridgehead atoms. The summed E-state index contributed by atoms with van der Waals surface area (Å²) in [6.07, 6.45) is 0.160. The molecule has 3 aromatic rings. The second-order valence-corrected chi connectivity index (χ2v) is 7.40. The average Bonchev–Trinajstić information content (AvgIpc) is 3.35. The van der Waals surface area contributed by atoms with E-state index in [0.717, 1.165) is 19.4 Å². The summed E-state index contributed by atoms with van der Waals surface area (Å²) in [4.78, 5) is 28.1. The predicted molar refractivity (Wildman–Crippen MR) is 112 cm³/mol. The summed E-state index contributed by atoms with van der Waals surface area (Å²) in [6.45, 7) is 1.53. The quantitative estimate of drug-likeness (QED) is 0.499. The highest BCUT2D eigenvalue weighted by molar-refractivity contribution is 6.04. The molecule has 1 aliphatic rings. The van der Waals surface area contributed by atoms with Gasteiger partial charge in [0.2, 0.25) is 5.95 Å². The largest absolute Gasteiger partial charge is 0.490 e. The third-order valence-corrected chi connectivity index (χ3v) is 4.79. The number of alkyl halides is 3. The fourth-order valence-electron chi connectivity index (χ4n) is 3.25. The second-order valence-electron chi connectivity index (χ2n) is 7.40. The lowest BCUT2D eigenvalue weighted by Gasteiger charge is -2.30. The summed E-state index contributed by atoms with van der Waals surface area (Å²) in [5.74, 6) is -2.59. The molecule has 1 amide bonds. The summed E-state index contributed by atoms with van der Waals surface area (Å²) in [5.41, 5.74) is 7.62. The van der Waals surface area contributed by atoms with E-state index in [9.17, 15) is 18.0 Å². The van der Waals surface area contributed by atoms with E-state index in [4.69, 9.17) is 20.9 Å². The van der Waals surface area contributed by atoms with Gasteiger partial charge in [-0.2, -0.15) is 23.5 Å². The van der Waals surface area contributed by atoms with E-state index in [2.05, 4.69) is 20.5 Å². The van der Waals surface area contributed by atoms with Crippen LogP contribution in [-0.4, -0.2) is 66.7 Å². The lowest BCUT2D eigenvalue weighted by Crippen LogP contribution is -2.43. The van der Waals surface area contributed by atoms with Crippen LogP contribution in [0.4, 0.5) is 24.8 Å².